The van der Waals surface area contributed by atoms with Gasteiger partial charge in [-0.1, -0.05) is 30.3 Å². The van der Waals surface area contributed by atoms with Crippen molar-refractivity contribution in [1.29, 1.82) is 0 Å². The molecule has 1 fully saturated rings. The van der Waals surface area contributed by atoms with Gasteiger partial charge < -0.3 is 10.1 Å². The van der Waals surface area contributed by atoms with Crippen LogP contribution in [0.1, 0.15) is 22.3 Å². The zero-order valence-corrected chi connectivity index (χ0v) is 15.6. The smallest absolute Gasteiger partial charge is 0.255 e. The molecule has 1 atom stereocenters. The van der Waals surface area contributed by atoms with Crippen LogP contribution in [0, 0.1) is 0 Å². The van der Waals surface area contributed by atoms with Crippen molar-refractivity contribution >= 4 is 11.6 Å². The lowest BCUT2D eigenvalue weighted by Gasteiger charge is -2.17. The van der Waals surface area contributed by atoms with Crippen LogP contribution in [0.25, 0.3) is 0 Å². The molecule has 1 aliphatic rings. The van der Waals surface area contributed by atoms with E-state index in [2.05, 4.69) is 21.3 Å². The van der Waals surface area contributed by atoms with Crippen molar-refractivity contribution in [2.75, 3.05) is 18.4 Å². The highest BCUT2D eigenvalue weighted by molar-refractivity contribution is 6.04. The number of para-hydroxylation sites is 1. The molecular formula is C23H23N3O2. The second-order valence-electron chi connectivity index (χ2n) is 6.97. The zero-order chi connectivity index (χ0) is 19.2. The molecule has 2 aromatic carbocycles. The van der Waals surface area contributed by atoms with Gasteiger partial charge in [-0.15, -0.1) is 0 Å². The molecule has 1 aromatic heterocycles. The van der Waals surface area contributed by atoms with Gasteiger partial charge in [-0.25, -0.2) is 0 Å². The number of carbonyl (C=O) groups excluding carboxylic acids is 1. The van der Waals surface area contributed by atoms with Crippen molar-refractivity contribution in [1.82, 2.24) is 9.88 Å². The average molecular weight is 373 g/mol. The van der Waals surface area contributed by atoms with Gasteiger partial charge in [0.2, 0.25) is 0 Å². The Morgan fingerprint density at radius 1 is 1.11 bits per heavy atom. The van der Waals surface area contributed by atoms with Crippen LogP contribution in [0.3, 0.4) is 0 Å². The maximum Gasteiger partial charge on any atom is 0.255 e. The highest BCUT2D eigenvalue weighted by Crippen LogP contribution is 2.20. The van der Waals surface area contributed by atoms with E-state index in [1.807, 2.05) is 60.7 Å². The minimum atomic E-state index is -0.0905. The summed E-state index contributed by atoms with van der Waals surface area (Å²) in [4.78, 5) is 19.0. The van der Waals surface area contributed by atoms with E-state index in [0.717, 1.165) is 43.1 Å². The number of nitrogens with zero attached hydrogens (tertiary/aromatic N) is 2. The van der Waals surface area contributed by atoms with Gasteiger partial charge in [-0.3, -0.25) is 14.7 Å². The van der Waals surface area contributed by atoms with E-state index in [1.165, 1.54) is 0 Å². The van der Waals surface area contributed by atoms with Gasteiger partial charge in [0.05, 0.1) is 6.20 Å². The lowest BCUT2D eigenvalue weighted by Crippen LogP contribution is -2.24. The molecule has 0 unspecified atom stereocenters. The first kappa shape index (κ1) is 18.2. The summed E-state index contributed by atoms with van der Waals surface area (Å²) in [5, 5.41) is 2.93. The fourth-order valence-corrected chi connectivity index (χ4v) is 3.44. The number of nitrogens with one attached hydrogen (secondary N) is 1. The Labute approximate surface area is 165 Å². The van der Waals surface area contributed by atoms with E-state index < -0.39 is 0 Å². The third-order valence-corrected chi connectivity index (χ3v) is 4.79. The van der Waals surface area contributed by atoms with E-state index in [9.17, 15) is 4.79 Å². The molecule has 142 valence electrons. The molecule has 3 aromatic rings. The summed E-state index contributed by atoms with van der Waals surface area (Å²) in [6.45, 7) is 2.65. The van der Waals surface area contributed by atoms with Gasteiger partial charge in [0.1, 0.15) is 11.9 Å². The molecule has 0 saturated carbocycles. The maximum atomic E-state index is 12.5. The van der Waals surface area contributed by atoms with Crippen molar-refractivity contribution in [2.45, 2.75) is 19.1 Å². The third kappa shape index (κ3) is 4.75. The van der Waals surface area contributed by atoms with Gasteiger partial charge in [0.15, 0.2) is 0 Å². The summed E-state index contributed by atoms with van der Waals surface area (Å²) < 4.78 is 6.00. The molecule has 1 aliphatic heterocycles. The molecule has 1 N–H and O–H groups in total. The number of rotatable bonds is 6. The summed E-state index contributed by atoms with van der Waals surface area (Å²) in [7, 11) is 0. The molecule has 0 bridgehead atoms. The van der Waals surface area contributed by atoms with Gasteiger partial charge in [0, 0.05) is 37.1 Å². The van der Waals surface area contributed by atoms with Crippen LogP contribution >= 0.6 is 0 Å². The minimum absolute atomic E-state index is 0.0905. The number of aromatic nitrogens is 1. The van der Waals surface area contributed by atoms with Crippen molar-refractivity contribution in [3.8, 4) is 5.75 Å². The number of carbonyl (C=O) groups is 1. The van der Waals surface area contributed by atoms with E-state index in [4.69, 9.17) is 4.74 Å². The van der Waals surface area contributed by atoms with Crippen molar-refractivity contribution < 1.29 is 9.53 Å². The van der Waals surface area contributed by atoms with Crippen molar-refractivity contribution in [3.05, 3.63) is 90.3 Å². The fourth-order valence-electron chi connectivity index (χ4n) is 3.44. The summed E-state index contributed by atoms with van der Waals surface area (Å²) in [5.41, 5.74) is 2.60. The van der Waals surface area contributed by atoms with E-state index >= 15 is 0 Å². The standard InChI is InChI=1S/C23H23N3O2/c27-23(25-20-8-2-1-3-9-20)19-7-4-6-18(14-19)16-26-13-11-22(17-26)28-21-10-5-12-24-15-21/h1-10,12,14-15,22H,11,13,16-17H2,(H,25,27)/t22-/m1/s1. The summed E-state index contributed by atoms with van der Waals surface area (Å²) in [5.74, 6) is 0.723. The Balaban J connectivity index is 1.34. The van der Waals surface area contributed by atoms with Crippen molar-refractivity contribution in [2.24, 2.45) is 0 Å². The van der Waals surface area contributed by atoms with Gasteiger partial charge in [0.25, 0.3) is 5.91 Å². The molecule has 0 spiro atoms. The lowest BCUT2D eigenvalue weighted by atomic mass is 10.1. The molecule has 1 amide bonds. The summed E-state index contributed by atoms with van der Waals surface area (Å²) in [6, 6.07) is 21.1. The maximum absolute atomic E-state index is 12.5. The Hall–Kier alpha value is -3.18. The Morgan fingerprint density at radius 2 is 2.00 bits per heavy atom. The highest BCUT2D eigenvalue weighted by Gasteiger charge is 2.24. The van der Waals surface area contributed by atoms with Crippen LogP contribution in [0.15, 0.2) is 79.1 Å². The molecule has 0 radical (unpaired) electrons. The first-order chi connectivity index (χ1) is 13.8. The molecule has 5 heteroatoms. The quantitative estimate of drug-likeness (QED) is 0.710. The molecule has 0 aliphatic carbocycles. The monoisotopic (exact) mass is 373 g/mol. The van der Waals surface area contributed by atoms with E-state index in [0.29, 0.717) is 5.56 Å². The molecule has 1 saturated heterocycles. The van der Waals surface area contributed by atoms with Crippen molar-refractivity contribution in [3.63, 3.8) is 0 Å². The first-order valence-electron chi connectivity index (χ1n) is 9.51. The van der Waals surface area contributed by atoms with Gasteiger partial charge in [-0.05, 0) is 48.4 Å². The van der Waals surface area contributed by atoms with E-state index in [1.54, 1.807) is 12.4 Å². The number of likely N-dealkylation sites (tertiary alicyclic amines) is 1. The Kier molecular flexibility index (Phi) is 5.64. The SMILES string of the molecule is O=C(Nc1ccccc1)c1cccc(CN2CC[C@@H](Oc3cccnc3)C2)c1. The topological polar surface area (TPSA) is 54.5 Å². The number of anilines is 1. The van der Waals surface area contributed by atoms with Crippen LogP contribution in [0.5, 0.6) is 5.75 Å². The highest BCUT2D eigenvalue weighted by atomic mass is 16.5. The largest absolute Gasteiger partial charge is 0.487 e. The van der Waals surface area contributed by atoms with Gasteiger partial charge >= 0.3 is 0 Å². The minimum Gasteiger partial charge on any atom is -0.487 e. The number of hydrogen-bond acceptors (Lipinski definition) is 4. The predicted octanol–water partition coefficient (Wildman–Crippen LogP) is 3.99. The summed E-state index contributed by atoms with van der Waals surface area (Å²) >= 11 is 0. The zero-order valence-electron chi connectivity index (χ0n) is 15.6. The first-order valence-corrected chi connectivity index (χ1v) is 9.51. The Bertz CT molecular complexity index is 915. The molecule has 28 heavy (non-hydrogen) atoms. The van der Waals surface area contributed by atoms with Crippen LogP contribution in [0.2, 0.25) is 0 Å². The Morgan fingerprint density at radius 3 is 2.82 bits per heavy atom. The number of benzene rings is 2. The van der Waals surface area contributed by atoms with Gasteiger partial charge in [-0.2, -0.15) is 0 Å². The van der Waals surface area contributed by atoms with Crippen LogP contribution < -0.4 is 10.1 Å². The average Bonchev–Trinajstić information content (AvgIpc) is 3.16. The molecule has 5 nitrogen and oxygen atoms in total. The molecule has 4 rings (SSSR count). The van der Waals surface area contributed by atoms with Crippen LogP contribution in [-0.4, -0.2) is 35.0 Å². The molecular weight excluding hydrogens is 350 g/mol. The number of hydrogen-bond donors (Lipinski definition) is 1. The lowest BCUT2D eigenvalue weighted by molar-refractivity contribution is 0.102. The summed E-state index contributed by atoms with van der Waals surface area (Å²) in [6.07, 6.45) is 4.66. The molecule has 2 heterocycles. The number of ether oxygens (including phenoxy) is 1. The van der Waals surface area contributed by atoms with E-state index in [-0.39, 0.29) is 12.0 Å². The third-order valence-electron chi connectivity index (χ3n) is 4.79. The predicted molar refractivity (Wildman–Crippen MR) is 109 cm³/mol. The van der Waals surface area contributed by atoms with Crippen LogP contribution in [-0.2, 0) is 6.54 Å². The second kappa shape index (κ2) is 8.67. The number of pyridine rings is 1. The normalized spacial score (nSPS) is 16.6. The second-order valence-corrected chi connectivity index (χ2v) is 6.97. The van der Waals surface area contributed by atoms with Crippen LogP contribution in [0.4, 0.5) is 5.69 Å². The fraction of sp³-hybridized carbons (Fsp3) is 0.217. The number of amides is 1.